The minimum atomic E-state index is -4.95. The van der Waals surface area contributed by atoms with Crippen LogP contribution in [0, 0.1) is 11.8 Å². The number of phosphoric acid groups is 2. The first-order valence-electron chi connectivity index (χ1n) is 37.0. The van der Waals surface area contributed by atoms with Crippen molar-refractivity contribution in [1.82, 2.24) is 0 Å². The van der Waals surface area contributed by atoms with E-state index in [1.165, 1.54) is 180 Å². The number of unbranched alkanes of at least 4 members (excludes halogenated alkanes) is 40. The number of aliphatic hydroxyl groups excluding tert-OH is 1. The average molecular weight is 1330 g/mol. The first-order valence-corrected chi connectivity index (χ1v) is 40.0. The molecular formula is C71H138O17P2. The summed E-state index contributed by atoms with van der Waals surface area (Å²) in [6.07, 6.45) is 48.6. The molecule has 19 heteroatoms. The minimum Gasteiger partial charge on any atom is -0.462 e. The van der Waals surface area contributed by atoms with Crippen molar-refractivity contribution in [1.29, 1.82) is 0 Å². The summed E-state index contributed by atoms with van der Waals surface area (Å²) in [5.41, 5.74) is 0. The molecule has 0 saturated carbocycles. The Kier molecular flexibility index (Phi) is 61.8. The van der Waals surface area contributed by atoms with Gasteiger partial charge in [-0.1, -0.05) is 311 Å². The molecule has 0 aliphatic heterocycles. The van der Waals surface area contributed by atoms with Gasteiger partial charge < -0.3 is 33.8 Å². The molecular weight excluding hydrogens is 1190 g/mol. The average Bonchev–Trinajstić information content (AvgIpc) is 3.70. The molecule has 0 bridgehead atoms. The van der Waals surface area contributed by atoms with Crippen molar-refractivity contribution in [3.8, 4) is 0 Å². The highest BCUT2D eigenvalue weighted by Gasteiger charge is 2.30. The van der Waals surface area contributed by atoms with Gasteiger partial charge in [-0.2, -0.15) is 0 Å². The predicted octanol–water partition coefficient (Wildman–Crippen LogP) is 20.4. The van der Waals surface area contributed by atoms with Gasteiger partial charge in [0, 0.05) is 25.7 Å². The topological polar surface area (TPSA) is 237 Å². The summed E-state index contributed by atoms with van der Waals surface area (Å²) in [6.45, 7) is 9.51. The highest BCUT2D eigenvalue weighted by Crippen LogP contribution is 2.45. The number of hydrogen-bond acceptors (Lipinski definition) is 15. The fraction of sp³-hybridized carbons (Fsp3) is 0.944. The van der Waals surface area contributed by atoms with Crippen LogP contribution in [-0.4, -0.2) is 96.7 Å². The van der Waals surface area contributed by atoms with Crippen LogP contribution in [0.25, 0.3) is 0 Å². The minimum absolute atomic E-state index is 0.104. The molecule has 5 atom stereocenters. The van der Waals surface area contributed by atoms with Crippen LogP contribution in [0.5, 0.6) is 0 Å². The number of ether oxygens (including phenoxy) is 4. The second-order valence-corrected chi connectivity index (χ2v) is 29.5. The Bertz CT molecular complexity index is 1750. The lowest BCUT2D eigenvalue weighted by Gasteiger charge is -2.21. The van der Waals surface area contributed by atoms with Crippen molar-refractivity contribution in [2.45, 2.75) is 381 Å². The van der Waals surface area contributed by atoms with E-state index >= 15 is 0 Å². The van der Waals surface area contributed by atoms with Gasteiger partial charge in [0.25, 0.3) is 0 Å². The molecule has 0 fully saturated rings. The van der Waals surface area contributed by atoms with Crippen LogP contribution in [0.1, 0.15) is 363 Å². The Morgan fingerprint density at radius 1 is 0.300 bits per heavy atom. The normalized spacial score (nSPS) is 14.1. The lowest BCUT2D eigenvalue weighted by Crippen LogP contribution is -2.30. The van der Waals surface area contributed by atoms with E-state index in [9.17, 15) is 43.2 Å². The van der Waals surface area contributed by atoms with E-state index < -0.39 is 97.5 Å². The SMILES string of the molecule is CCCCCCCCCCCCCCC(=O)OC[C@H](COP(=O)(O)OC[C@@H](O)COP(=O)(O)OC[C@@H](COC(=O)CCCCCCCCCCCC)OC(=O)CCCCCCCCCC(C)C)OC(=O)CCCCCCCCCCCCCCCCCC(C)C. The third kappa shape index (κ3) is 64.8. The molecule has 0 aliphatic carbocycles. The molecule has 0 heterocycles. The number of rotatable bonds is 70. The van der Waals surface area contributed by atoms with E-state index in [0.717, 1.165) is 95.8 Å². The summed E-state index contributed by atoms with van der Waals surface area (Å²) >= 11 is 0. The molecule has 534 valence electrons. The summed E-state index contributed by atoms with van der Waals surface area (Å²) in [6, 6.07) is 0. The molecule has 0 saturated heterocycles. The van der Waals surface area contributed by atoms with Crippen LogP contribution in [-0.2, 0) is 65.4 Å². The molecule has 3 N–H and O–H groups in total. The zero-order valence-corrected chi connectivity index (χ0v) is 60.2. The molecule has 0 aliphatic rings. The number of carbonyl (C=O) groups is 4. The lowest BCUT2D eigenvalue weighted by molar-refractivity contribution is -0.161. The van der Waals surface area contributed by atoms with Gasteiger partial charge in [-0.3, -0.25) is 37.3 Å². The van der Waals surface area contributed by atoms with Gasteiger partial charge in [-0.15, -0.1) is 0 Å². The monoisotopic (exact) mass is 1320 g/mol. The summed E-state index contributed by atoms with van der Waals surface area (Å²) < 4.78 is 68.3. The van der Waals surface area contributed by atoms with Crippen molar-refractivity contribution in [3.05, 3.63) is 0 Å². The van der Waals surface area contributed by atoms with Gasteiger partial charge in [0.2, 0.25) is 0 Å². The van der Waals surface area contributed by atoms with Crippen molar-refractivity contribution < 1.29 is 80.2 Å². The van der Waals surface area contributed by atoms with E-state index in [1.54, 1.807) is 0 Å². The number of phosphoric ester groups is 2. The van der Waals surface area contributed by atoms with Crippen molar-refractivity contribution >= 4 is 39.5 Å². The van der Waals surface area contributed by atoms with Crippen LogP contribution >= 0.6 is 15.6 Å². The molecule has 90 heavy (non-hydrogen) atoms. The summed E-state index contributed by atoms with van der Waals surface area (Å²) in [4.78, 5) is 72.5. The Balaban J connectivity index is 5.21. The van der Waals surface area contributed by atoms with Gasteiger partial charge >= 0.3 is 39.5 Å². The quantitative estimate of drug-likeness (QED) is 0.0222. The van der Waals surface area contributed by atoms with E-state index in [1.807, 2.05) is 0 Å². The molecule has 0 radical (unpaired) electrons. The maximum atomic E-state index is 13.0. The van der Waals surface area contributed by atoms with E-state index in [0.29, 0.717) is 31.6 Å². The van der Waals surface area contributed by atoms with E-state index in [2.05, 4.69) is 41.5 Å². The Labute approximate surface area is 549 Å². The molecule has 2 unspecified atom stereocenters. The van der Waals surface area contributed by atoms with Crippen LogP contribution in [0.3, 0.4) is 0 Å². The number of esters is 4. The summed E-state index contributed by atoms with van der Waals surface area (Å²) in [5.74, 6) is -0.626. The third-order valence-electron chi connectivity index (χ3n) is 16.5. The van der Waals surface area contributed by atoms with Crippen molar-refractivity contribution in [2.24, 2.45) is 11.8 Å². The molecule has 0 spiro atoms. The predicted molar refractivity (Wildman–Crippen MR) is 363 cm³/mol. The largest absolute Gasteiger partial charge is 0.472 e. The van der Waals surface area contributed by atoms with Gasteiger partial charge in [0.15, 0.2) is 12.2 Å². The van der Waals surface area contributed by atoms with Crippen LogP contribution < -0.4 is 0 Å². The Morgan fingerprint density at radius 2 is 0.511 bits per heavy atom. The zero-order valence-electron chi connectivity index (χ0n) is 58.4. The molecule has 17 nitrogen and oxygen atoms in total. The third-order valence-corrected chi connectivity index (χ3v) is 18.4. The van der Waals surface area contributed by atoms with Crippen molar-refractivity contribution in [2.75, 3.05) is 39.6 Å². The number of carbonyl (C=O) groups excluding carboxylic acids is 4. The first-order chi connectivity index (χ1) is 43.4. The standard InChI is InChI=1S/C71H138O17P2/c1-7-9-11-13-15-17-19-26-30-36-42-48-54-69(74)82-59-66(87-70(75)55-49-43-37-31-27-24-22-20-21-23-25-28-33-39-45-51-63(3)4)61-85-89(77,78)83-57-65(72)58-84-90(79,80)86-62-67(88-71(76)56-50-44-38-32-34-40-46-52-64(5)6)60-81-68(73)53-47-41-35-29-18-16-14-12-10-8-2/h63-67,72H,7-62H2,1-6H3,(H,77,78)(H,79,80)/t65-,66-,67-/m1/s1. The van der Waals surface area contributed by atoms with Crippen LogP contribution in [0.2, 0.25) is 0 Å². The van der Waals surface area contributed by atoms with E-state index in [4.69, 9.17) is 37.0 Å². The lowest BCUT2D eigenvalue weighted by atomic mass is 10.0. The second kappa shape index (κ2) is 63.1. The maximum Gasteiger partial charge on any atom is 0.472 e. The first kappa shape index (κ1) is 88.1. The fourth-order valence-corrected chi connectivity index (χ4v) is 12.3. The van der Waals surface area contributed by atoms with Gasteiger partial charge in [-0.05, 0) is 37.5 Å². The molecule has 0 amide bonds. The fourth-order valence-electron chi connectivity index (χ4n) is 10.8. The highest BCUT2D eigenvalue weighted by atomic mass is 31.2. The van der Waals surface area contributed by atoms with Gasteiger partial charge in [0.1, 0.15) is 19.3 Å². The van der Waals surface area contributed by atoms with E-state index in [-0.39, 0.29) is 25.7 Å². The Morgan fingerprint density at radius 3 is 0.756 bits per heavy atom. The van der Waals surface area contributed by atoms with Crippen molar-refractivity contribution in [3.63, 3.8) is 0 Å². The zero-order chi connectivity index (χ0) is 66.5. The van der Waals surface area contributed by atoms with Crippen LogP contribution in [0.4, 0.5) is 0 Å². The van der Waals surface area contributed by atoms with Gasteiger partial charge in [0.05, 0.1) is 26.4 Å². The molecule has 0 aromatic rings. The smallest absolute Gasteiger partial charge is 0.462 e. The second-order valence-electron chi connectivity index (χ2n) is 26.6. The maximum absolute atomic E-state index is 13.0. The van der Waals surface area contributed by atoms with Crippen LogP contribution in [0.15, 0.2) is 0 Å². The summed E-state index contributed by atoms with van der Waals surface area (Å²) in [5, 5.41) is 10.6. The number of hydrogen-bond donors (Lipinski definition) is 3. The molecule has 0 rings (SSSR count). The number of aliphatic hydroxyl groups is 1. The summed E-state index contributed by atoms with van der Waals surface area (Å²) in [7, 11) is -9.90. The van der Waals surface area contributed by atoms with Gasteiger partial charge in [-0.25, -0.2) is 9.13 Å². The highest BCUT2D eigenvalue weighted by molar-refractivity contribution is 7.47. The molecule has 0 aromatic heterocycles. The molecule has 0 aromatic carbocycles. The Hall–Kier alpha value is -1.94.